The number of hydrogen-bond acceptors (Lipinski definition) is 6. The Kier molecular flexibility index (Phi) is 11.2. The van der Waals surface area contributed by atoms with Gasteiger partial charge in [-0.2, -0.15) is 0 Å². The van der Waals surface area contributed by atoms with Crippen LogP contribution in [0.4, 0.5) is 5.69 Å². The topological polar surface area (TPSA) is 105 Å². The minimum Gasteiger partial charge on any atom is -0.497 e. The van der Waals surface area contributed by atoms with E-state index in [4.69, 9.17) is 21.1 Å². The number of halogens is 1. The van der Waals surface area contributed by atoms with Gasteiger partial charge < -0.3 is 19.7 Å². The number of nitrogens with zero attached hydrogens (tertiary/aromatic N) is 2. The molecule has 3 aromatic rings. The van der Waals surface area contributed by atoms with Crippen molar-refractivity contribution in [3.05, 3.63) is 82.9 Å². The zero-order valence-electron chi connectivity index (χ0n) is 24.8. The first kappa shape index (κ1) is 32.8. The van der Waals surface area contributed by atoms with Gasteiger partial charge in [0.25, 0.3) is 10.0 Å². The van der Waals surface area contributed by atoms with Crippen molar-refractivity contribution in [2.24, 2.45) is 5.92 Å². The molecule has 3 rings (SSSR count). The summed E-state index contributed by atoms with van der Waals surface area (Å²) in [6.45, 7) is 7.18. The molecule has 0 aromatic heterocycles. The highest BCUT2D eigenvalue weighted by atomic mass is 35.5. The molecule has 9 nitrogen and oxygen atoms in total. The van der Waals surface area contributed by atoms with Gasteiger partial charge in [-0.25, -0.2) is 8.42 Å². The summed E-state index contributed by atoms with van der Waals surface area (Å²) in [5.41, 5.74) is 1.60. The predicted octanol–water partition coefficient (Wildman–Crippen LogP) is 5.05. The Labute approximate surface area is 253 Å². The molecule has 42 heavy (non-hydrogen) atoms. The fraction of sp³-hybridized carbons (Fsp3) is 0.355. The molecule has 1 unspecified atom stereocenters. The number of methoxy groups -OCH3 is 2. The van der Waals surface area contributed by atoms with Crippen LogP contribution in [-0.4, -0.2) is 58.5 Å². The second-order valence-electron chi connectivity index (χ2n) is 10.3. The highest BCUT2D eigenvalue weighted by molar-refractivity contribution is 7.92. The van der Waals surface area contributed by atoms with E-state index in [2.05, 4.69) is 5.32 Å². The molecule has 0 saturated carbocycles. The summed E-state index contributed by atoms with van der Waals surface area (Å²) in [7, 11) is -1.41. The number of carbonyl (C=O) groups excluding carboxylic acids is 2. The predicted molar refractivity (Wildman–Crippen MR) is 165 cm³/mol. The summed E-state index contributed by atoms with van der Waals surface area (Å²) in [6, 6.07) is 17.1. The standard InChI is InChI=1S/C31H38ClN3O6S/c1-21(2)18-33-31(37)23(4)34(19-24-9-7-8-10-27(24)32)30(36)20-35(28-17-25(40-5)13-16-29(28)41-6)42(38,39)26-14-11-22(3)12-15-26/h7-17,21,23H,18-20H2,1-6H3,(H,33,37). The molecule has 0 aliphatic heterocycles. The van der Waals surface area contributed by atoms with Crippen LogP contribution in [0.15, 0.2) is 71.6 Å². The van der Waals surface area contributed by atoms with Gasteiger partial charge in [0.2, 0.25) is 11.8 Å². The smallest absolute Gasteiger partial charge is 0.264 e. The summed E-state index contributed by atoms with van der Waals surface area (Å²) in [5.74, 6) is -0.181. The lowest BCUT2D eigenvalue weighted by Crippen LogP contribution is -2.51. The molecule has 0 heterocycles. The van der Waals surface area contributed by atoms with E-state index in [0.717, 1.165) is 9.87 Å². The Balaban J connectivity index is 2.12. The van der Waals surface area contributed by atoms with E-state index < -0.39 is 28.5 Å². The van der Waals surface area contributed by atoms with E-state index in [1.165, 1.54) is 37.3 Å². The van der Waals surface area contributed by atoms with E-state index in [9.17, 15) is 18.0 Å². The van der Waals surface area contributed by atoms with E-state index in [0.29, 0.717) is 22.9 Å². The van der Waals surface area contributed by atoms with Crippen molar-refractivity contribution < 1.29 is 27.5 Å². The quantitative estimate of drug-likeness (QED) is 0.289. The molecule has 0 radical (unpaired) electrons. The molecule has 3 aromatic carbocycles. The van der Waals surface area contributed by atoms with Gasteiger partial charge in [-0.1, -0.05) is 61.3 Å². The maximum absolute atomic E-state index is 14.1. The third kappa shape index (κ3) is 7.95. The van der Waals surface area contributed by atoms with Gasteiger partial charge in [0.1, 0.15) is 24.1 Å². The van der Waals surface area contributed by atoms with Crippen LogP contribution >= 0.6 is 11.6 Å². The minimum atomic E-state index is -4.28. The number of aryl methyl sites for hydroxylation is 1. The monoisotopic (exact) mass is 615 g/mol. The number of benzene rings is 3. The Morgan fingerprint density at radius 3 is 2.21 bits per heavy atom. The molecule has 0 bridgehead atoms. The maximum Gasteiger partial charge on any atom is 0.264 e. The molecule has 226 valence electrons. The Hall–Kier alpha value is -3.76. The molecular weight excluding hydrogens is 578 g/mol. The fourth-order valence-electron chi connectivity index (χ4n) is 4.19. The number of ether oxygens (including phenoxy) is 2. The van der Waals surface area contributed by atoms with Crippen LogP contribution in [0.1, 0.15) is 31.9 Å². The van der Waals surface area contributed by atoms with Crippen LogP contribution in [0.5, 0.6) is 11.5 Å². The summed E-state index contributed by atoms with van der Waals surface area (Å²) in [5, 5.41) is 3.28. The number of carbonyl (C=O) groups is 2. The summed E-state index contributed by atoms with van der Waals surface area (Å²) in [4.78, 5) is 28.6. The van der Waals surface area contributed by atoms with E-state index in [1.807, 2.05) is 20.8 Å². The van der Waals surface area contributed by atoms with Crippen molar-refractivity contribution in [3.8, 4) is 11.5 Å². The minimum absolute atomic E-state index is 0.00819. The van der Waals surface area contributed by atoms with Crippen LogP contribution < -0.4 is 19.1 Å². The molecular formula is C31H38ClN3O6S. The number of nitrogens with one attached hydrogen (secondary N) is 1. The molecule has 0 fully saturated rings. The van der Waals surface area contributed by atoms with Crippen LogP contribution in [-0.2, 0) is 26.2 Å². The molecule has 0 aliphatic carbocycles. The largest absolute Gasteiger partial charge is 0.497 e. The second-order valence-corrected chi connectivity index (χ2v) is 12.6. The van der Waals surface area contributed by atoms with E-state index in [-0.39, 0.29) is 34.7 Å². The lowest BCUT2D eigenvalue weighted by molar-refractivity contribution is -0.139. The maximum atomic E-state index is 14.1. The van der Waals surface area contributed by atoms with Crippen LogP contribution in [0.3, 0.4) is 0 Å². The third-order valence-corrected chi connectivity index (χ3v) is 8.84. The first-order valence-electron chi connectivity index (χ1n) is 13.5. The van der Waals surface area contributed by atoms with Crippen molar-refractivity contribution >= 4 is 39.1 Å². The zero-order chi connectivity index (χ0) is 31.0. The van der Waals surface area contributed by atoms with E-state index >= 15 is 0 Å². The Bertz CT molecular complexity index is 1490. The Morgan fingerprint density at radius 1 is 0.952 bits per heavy atom. The normalized spacial score (nSPS) is 12.0. The van der Waals surface area contributed by atoms with Gasteiger partial charge in [-0.15, -0.1) is 0 Å². The van der Waals surface area contributed by atoms with Crippen molar-refractivity contribution in [2.75, 3.05) is 31.6 Å². The zero-order valence-corrected chi connectivity index (χ0v) is 26.3. The van der Waals surface area contributed by atoms with Crippen LogP contribution in [0, 0.1) is 12.8 Å². The average molecular weight is 616 g/mol. The van der Waals surface area contributed by atoms with Gasteiger partial charge in [0.15, 0.2) is 0 Å². The van der Waals surface area contributed by atoms with Gasteiger partial charge in [-0.3, -0.25) is 13.9 Å². The lowest BCUT2D eigenvalue weighted by Gasteiger charge is -2.32. The van der Waals surface area contributed by atoms with Gasteiger partial charge in [0, 0.05) is 24.2 Å². The third-order valence-electron chi connectivity index (χ3n) is 6.69. The Morgan fingerprint density at radius 2 is 1.62 bits per heavy atom. The molecule has 1 atom stereocenters. The van der Waals surface area contributed by atoms with Crippen molar-refractivity contribution in [1.82, 2.24) is 10.2 Å². The first-order valence-corrected chi connectivity index (χ1v) is 15.3. The molecule has 11 heteroatoms. The van der Waals surface area contributed by atoms with Gasteiger partial charge in [-0.05, 0) is 55.7 Å². The van der Waals surface area contributed by atoms with Crippen molar-refractivity contribution in [2.45, 2.75) is 45.2 Å². The molecule has 1 N–H and O–H groups in total. The fourth-order valence-corrected chi connectivity index (χ4v) is 5.80. The summed E-state index contributed by atoms with van der Waals surface area (Å²) < 4.78 is 40.1. The molecule has 0 spiro atoms. The number of rotatable bonds is 13. The van der Waals surface area contributed by atoms with Crippen LogP contribution in [0.25, 0.3) is 0 Å². The summed E-state index contributed by atoms with van der Waals surface area (Å²) >= 11 is 6.42. The first-order chi connectivity index (χ1) is 19.9. The average Bonchev–Trinajstić information content (AvgIpc) is 2.97. The van der Waals surface area contributed by atoms with Gasteiger partial charge >= 0.3 is 0 Å². The van der Waals surface area contributed by atoms with E-state index in [1.54, 1.807) is 55.5 Å². The number of amides is 2. The molecule has 0 aliphatic rings. The van der Waals surface area contributed by atoms with Crippen LogP contribution in [0.2, 0.25) is 5.02 Å². The van der Waals surface area contributed by atoms with Gasteiger partial charge in [0.05, 0.1) is 24.8 Å². The SMILES string of the molecule is COc1ccc(OC)c(N(CC(=O)N(Cc2ccccc2Cl)C(C)C(=O)NCC(C)C)S(=O)(=O)c2ccc(C)cc2)c1. The number of hydrogen-bond donors (Lipinski definition) is 1. The number of anilines is 1. The second kappa shape index (κ2) is 14.4. The lowest BCUT2D eigenvalue weighted by atomic mass is 10.1. The van der Waals surface area contributed by atoms with Crippen molar-refractivity contribution in [3.63, 3.8) is 0 Å². The molecule has 2 amide bonds. The number of sulfonamides is 1. The highest BCUT2D eigenvalue weighted by Crippen LogP contribution is 2.36. The molecule has 0 saturated heterocycles. The van der Waals surface area contributed by atoms with Crippen molar-refractivity contribution in [1.29, 1.82) is 0 Å². The highest BCUT2D eigenvalue weighted by Gasteiger charge is 2.34. The summed E-state index contributed by atoms with van der Waals surface area (Å²) in [6.07, 6.45) is 0.